The second-order valence-corrected chi connectivity index (χ2v) is 3.20. The number of hydrogen-bond acceptors (Lipinski definition) is 2. The van der Waals surface area contributed by atoms with Crippen molar-refractivity contribution in [3.8, 4) is 0 Å². The molecule has 0 aliphatic heterocycles. The van der Waals surface area contributed by atoms with E-state index in [0.717, 1.165) is 24.3 Å². The molecule has 0 spiro atoms. The van der Waals surface area contributed by atoms with Gasteiger partial charge in [-0.05, 0) is 29.3 Å². The largest absolute Gasteiger partial charge is 0.416 e. The SMILES string of the molecule is O=C(Cl)C(O)c1ccc(C(F)(F)F)cc1. The number of aliphatic hydroxyl groups excluding tert-OH is 1. The lowest BCUT2D eigenvalue weighted by molar-refractivity contribution is -0.137. The molecule has 1 rings (SSSR count). The van der Waals surface area contributed by atoms with Crippen molar-refractivity contribution in [1.82, 2.24) is 0 Å². The van der Waals surface area contributed by atoms with E-state index < -0.39 is 23.1 Å². The van der Waals surface area contributed by atoms with E-state index in [1.54, 1.807) is 0 Å². The Bertz CT molecular complexity index is 359. The number of alkyl halides is 3. The van der Waals surface area contributed by atoms with Crippen molar-refractivity contribution < 1.29 is 23.1 Å². The molecular weight excluding hydrogens is 233 g/mol. The van der Waals surface area contributed by atoms with Crippen molar-refractivity contribution in [1.29, 1.82) is 0 Å². The predicted molar refractivity (Wildman–Crippen MR) is 47.3 cm³/mol. The van der Waals surface area contributed by atoms with Crippen molar-refractivity contribution in [2.75, 3.05) is 0 Å². The van der Waals surface area contributed by atoms with Gasteiger partial charge in [-0.2, -0.15) is 13.2 Å². The smallest absolute Gasteiger partial charge is 0.379 e. The van der Waals surface area contributed by atoms with Gasteiger partial charge in [-0.15, -0.1) is 0 Å². The monoisotopic (exact) mass is 238 g/mol. The summed E-state index contributed by atoms with van der Waals surface area (Å²) >= 11 is 4.98. The highest BCUT2D eigenvalue weighted by atomic mass is 35.5. The topological polar surface area (TPSA) is 37.3 Å². The molecule has 1 atom stereocenters. The summed E-state index contributed by atoms with van der Waals surface area (Å²) in [6.07, 6.45) is -6.02. The Morgan fingerprint density at radius 1 is 1.27 bits per heavy atom. The summed E-state index contributed by atoms with van der Waals surface area (Å²) < 4.78 is 36.4. The van der Waals surface area contributed by atoms with Crippen LogP contribution in [0.5, 0.6) is 0 Å². The van der Waals surface area contributed by atoms with E-state index in [1.165, 1.54) is 0 Å². The number of carbonyl (C=O) groups is 1. The number of benzene rings is 1. The molecule has 0 fully saturated rings. The maximum absolute atomic E-state index is 12.1. The first kappa shape index (κ1) is 12.0. The number of halogens is 4. The van der Waals surface area contributed by atoms with Gasteiger partial charge in [0, 0.05) is 0 Å². The number of rotatable bonds is 2. The molecule has 0 saturated heterocycles. The van der Waals surface area contributed by atoms with Gasteiger partial charge < -0.3 is 5.11 Å². The van der Waals surface area contributed by atoms with Gasteiger partial charge in [-0.3, -0.25) is 4.79 Å². The van der Waals surface area contributed by atoms with Gasteiger partial charge in [0.1, 0.15) is 0 Å². The van der Waals surface area contributed by atoms with E-state index in [-0.39, 0.29) is 5.56 Å². The molecule has 1 aromatic carbocycles. The highest BCUT2D eigenvalue weighted by Crippen LogP contribution is 2.30. The lowest BCUT2D eigenvalue weighted by atomic mass is 10.1. The Labute approximate surface area is 88.3 Å². The average Bonchev–Trinajstić information content (AvgIpc) is 2.15. The molecular formula is C9H6ClF3O2. The molecule has 0 aromatic heterocycles. The van der Waals surface area contributed by atoms with Gasteiger partial charge in [0.25, 0.3) is 5.24 Å². The lowest BCUT2D eigenvalue weighted by Crippen LogP contribution is -2.08. The zero-order valence-electron chi connectivity index (χ0n) is 7.25. The third kappa shape index (κ3) is 2.94. The second-order valence-electron chi connectivity index (χ2n) is 2.83. The summed E-state index contributed by atoms with van der Waals surface area (Å²) in [5.41, 5.74) is -0.816. The molecule has 0 aliphatic carbocycles. The first-order valence-corrected chi connectivity index (χ1v) is 4.24. The zero-order chi connectivity index (χ0) is 11.6. The van der Waals surface area contributed by atoms with Crippen molar-refractivity contribution in [2.45, 2.75) is 12.3 Å². The molecule has 0 heterocycles. The maximum Gasteiger partial charge on any atom is 0.416 e. The van der Waals surface area contributed by atoms with Crippen molar-refractivity contribution in [3.05, 3.63) is 35.4 Å². The summed E-state index contributed by atoms with van der Waals surface area (Å²) in [6, 6.07) is 3.57. The first-order chi connectivity index (χ1) is 6.82. The van der Waals surface area contributed by atoms with E-state index in [1.807, 2.05) is 0 Å². The molecule has 0 saturated carbocycles. The van der Waals surface area contributed by atoms with Crippen LogP contribution in [0.2, 0.25) is 0 Å². The predicted octanol–water partition coefficient (Wildman–Crippen LogP) is 2.50. The molecule has 0 bridgehead atoms. The highest BCUT2D eigenvalue weighted by molar-refractivity contribution is 6.64. The minimum absolute atomic E-state index is 0.0306. The van der Waals surface area contributed by atoms with Crippen LogP contribution in [-0.4, -0.2) is 10.3 Å². The summed E-state index contributed by atoms with van der Waals surface area (Å²) in [7, 11) is 0. The van der Waals surface area contributed by atoms with E-state index in [4.69, 9.17) is 16.7 Å². The minimum Gasteiger partial charge on any atom is -0.379 e. The summed E-state index contributed by atoms with van der Waals surface area (Å²) in [5.74, 6) is 0. The van der Waals surface area contributed by atoms with Crippen LogP contribution in [-0.2, 0) is 11.0 Å². The second kappa shape index (κ2) is 4.20. The van der Waals surface area contributed by atoms with E-state index in [2.05, 4.69) is 0 Å². The molecule has 15 heavy (non-hydrogen) atoms. The minimum atomic E-state index is -4.44. The van der Waals surface area contributed by atoms with Gasteiger partial charge in [0.2, 0.25) is 0 Å². The first-order valence-electron chi connectivity index (χ1n) is 3.87. The Balaban J connectivity index is 2.95. The van der Waals surface area contributed by atoms with Crippen LogP contribution in [0.25, 0.3) is 0 Å². The van der Waals surface area contributed by atoms with Gasteiger partial charge >= 0.3 is 6.18 Å². The third-order valence-electron chi connectivity index (χ3n) is 1.77. The fourth-order valence-corrected chi connectivity index (χ4v) is 1.11. The van der Waals surface area contributed by atoms with Gasteiger partial charge in [-0.25, -0.2) is 0 Å². The number of aliphatic hydroxyl groups is 1. The lowest BCUT2D eigenvalue weighted by Gasteiger charge is -2.09. The fraction of sp³-hybridized carbons (Fsp3) is 0.222. The molecule has 0 aliphatic rings. The van der Waals surface area contributed by atoms with Crippen LogP contribution in [0.15, 0.2) is 24.3 Å². The van der Waals surface area contributed by atoms with E-state index >= 15 is 0 Å². The molecule has 6 heteroatoms. The summed E-state index contributed by atoms with van der Waals surface area (Å²) in [4.78, 5) is 10.5. The van der Waals surface area contributed by atoms with Crippen molar-refractivity contribution in [3.63, 3.8) is 0 Å². The van der Waals surface area contributed by atoms with Crippen LogP contribution in [0.4, 0.5) is 13.2 Å². The molecule has 2 nitrogen and oxygen atoms in total. The zero-order valence-corrected chi connectivity index (χ0v) is 8.01. The molecule has 1 unspecified atom stereocenters. The Kier molecular flexibility index (Phi) is 3.36. The standard InChI is InChI=1S/C9H6ClF3O2/c10-8(15)7(14)5-1-3-6(4-2-5)9(11,12)13/h1-4,7,14H. The number of hydrogen-bond donors (Lipinski definition) is 1. The van der Waals surface area contributed by atoms with Crippen LogP contribution < -0.4 is 0 Å². The molecule has 1 aromatic rings. The third-order valence-corrected chi connectivity index (χ3v) is 1.98. The Hall–Kier alpha value is -1.07. The van der Waals surface area contributed by atoms with E-state index in [0.29, 0.717) is 0 Å². The van der Waals surface area contributed by atoms with Crippen LogP contribution >= 0.6 is 11.6 Å². The van der Waals surface area contributed by atoms with Gasteiger partial charge in [0.05, 0.1) is 5.56 Å². The van der Waals surface area contributed by atoms with Crippen LogP contribution in [0.3, 0.4) is 0 Å². The normalized spacial score (nSPS) is 13.7. The molecule has 82 valence electrons. The average molecular weight is 239 g/mol. The molecule has 0 radical (unpaired) electrons. The van der Waals surface area contributed by atoms with Gasteiger partial charge in [-0.1, -0.05) is 12.1 Å². The van der Waals surface area contributed by atoms with Crippen LogP contribution in [0, 0.1) is 0 Å². The highest BCUT2D eigenvalue weighted by Gasteiger charge is 2.30. The van der Waals surface area contributed by atoms with Gasteiger partial charge in [0.15, 0.2) is 6.10 Å². The number of carbonyl (C=O) groups excluding carboxylic acids is 1. The fourth-order valence-electron chi connectivity index (χ4n) is 0.985. The maximum atomic E-state index is 12.1. The molecule has 0 amide bonds. The summed E-state index contributed by atoms with van der Waals surface area (Å²) in [6.45, 7) is 0. The van der Waals surface area contributed by atoms with Crippen molar-refractivity contribution in [2.24, 2.45) is 0 Å². The molecule has 1 N–H and O–H groups in total. The summed E-state index contributed by atoms with van der Waals surface area (Å²) in [5, 5.41) is 8.10. The van der Waals surface area contributed by atoms with Crippen molar-refractivity contribution >= 4 is 16.8 Å². The quantitative estimate of drug-likeness (QED) is 0.804. The van der Waals surface area contributed by atoms with E-state index in [9.17, 15) is 18.0 Å². The Morgan fingerprint density at radius 3 is 2.07 bits per heavy atom. The Morgan fingerprint density at radius 2 is 1.73 bits per heavy atom. The van der Waals surface area contributed by atoms with Crippen LogP contribution in [0.1, 0.15) is 17.2 Å².